The number of carbonyl (C=O) groups is 1. The van der Waals surface area contributed by atoms with Crippen molar-refractivity contribution in [1.29, 1.82) is 0 Å². The van der Waals surface area contributed by atoms with Gasteiger partial charge in [-0.3, -0.25) is 4.79 Å². The lowest BCUT2D eigenvalue weighted by molar-refractivity contribution is -0.127. The van der Waals surface area contributed by atoms with E-state index in [1.54, 1.807) is 0 Å². The van der Waals surface area contributed by atoms with E-state index in [0.29, 0.717) is 18.2 Å². The van der Waals surface area contributed by atoms with Crippen molar-refractivity contribution < 1.29 is 4.79 Å². The van der Waals surface area contributed by atoms with Crippen LogP contribution in [-0.2, 0) is 10.2 Å². The molecule has 0 N–H and O–H groups in total. The van der Waals surface area contributed by atoms with Crippen LogP contribution in [0.4, 0.5) is 10.8 Å². The molecule has 2 aliphatic rings. The fraction of sp³-hybridized carbons (Fsp3) is 0.550. The number of amides is 1. The fourth-order valence-corrected chi connectivity index (χ4v) is 4.69. The summed E-state index contributed by atoms with van der Waals surface area (Å²) in [4.78, 5) is 21.0. The van der Waals surface area contributed by atoms with Gasteiger partial charge in [-0.15, -0.1) is 0 Å². The summed E-state index contributed by atoms with van der Waals surface area (Å²) in [6, 6.07) is 8.59. The van der Waals surface area contributed by atoms with Crippen molar-refractivity contribution in [1.82, 2.24) is 14.3 Å². The van der Waals surface area contributed by atoms with E-state index < -0.39 is 0 Å². The van der Waals surface area contributed by atoms with Gasteiger partial charge in [0, 0.05) is 54.6 Å². The van der Waals surface area contributed by atoms with Gasteiger partial charge in [0.05, 0.1) is 0 Å². The number of rotatable bonds is 4. The van der Waals surface area contributed by atoms with E-state index in [4.69, 9.17) is 4.98 Å². The molecule has 1 unspecified atom stereocenters. The van der Waals surface area contributed by atoms with E-state index in [9.17, 15) is 4.79 Å². The summed E-state index contributed by atoms with van der Waals surface area (Å²) in [7, 11) is 0. The Morgan fingerprint density at radius 3 is 2.77 bits per heavy atom. The van der Waals surface area contributed by atoms with Crippen LogP contribution >= 0.6 is 11.5 Å². The Kier molecular flexibility index (Phi) is 4.47. The van der Waals surface area contributed by atoms with Crippen molar-refractivity contribution in [2.45, 2.75) is 51.4 Å². The minimum absolute atomic E-state index is 0.0382. The molecule has 3 heterocycles. The highest BCUT2D eigenvalue weighted by atomic mass is 32.1. The summed E-state index contributed by atoms with van der Waals surface area (Å²) < 4.78 is 4.58. The first-order valence-corrected chi connectivity index (χ1v) is 10.2. The van der Waals surface area contributed by atoms with E-state index in [1.165, 1.54) is 22.8 Å². The molecule has 0 radical (unpaired) electrons. The normalized spacial score (nSPS) is 20.1. The summed E-state index contributed by atoms with van der Waals surface area (Å²) >= 11 is 1.48. The highest BCUT2D eigenvalue weighted by Gasteiger charge is 2.33. The zero-order valence-corrected chi connectivity index (χ0v) is 16.6. The molecule has 5 nitrogen and oxygen atoms in total. The van der Waals surface area contributed by atoms with E-state index in [0.717, 1.165) is 43.4 Å². The number of benzene rings is 1. The maximum absolute atomic E-state index is 11.9. The zero-order chi connectivity index (χ0) is 18.3. The van der Waals surface area contributed by atoms with Gasteiger partial charge in [-0.25, -0.2) is 4.98 Å². The van der Waals surface area contributed by atoms with Gasteiger partial charge in [0.25, 0.3) is 0 Å². The molecular formula is C20H26N4OS. The summed E-state index contributed by atoms with van der Waals surface area (Å²) in [6.07, 6.45) is 2.73. The lowest BCUT2D eigenvalue weighted by Crippen LogP contribution is -2.27. The van der Waals surface area contributed by atoms with Gasteiger partial charge in [-0.1, -0.05) is 39.0 Å². The minimum atomic E-state index is -0.0382. The van der Waals surface area contributed by atoms with Crippen LogP contribution in [0.15, 0.2) is 24.3 Å². The second-order valence-corrected chi connectivity index (χ2v) is 9.02. The van der Waals surface area contributed by atoms with Gasteiger partial charge < -0.3 is 9.80 Å². The second kappa shape index (κ2) is 6.65. The molecule has 2 aliphatic heterocycles. The molecule has 0 spiro atoms. The predicted octanol–water partition coefficient (Wildman–Crippen LogP) is 4.08. The highest BCUT2D eigenvalue weighted by Crippen LogP contribution is 2.43. The summed E-state index contributed by atoms with van der Waals surface area (Å²) in [6.45, 7) is 9.13. The van der Waals surface area contributed by atoms with Crippen molar-refractivity contribution in [2.24, 2.45) is 0 Å². The molecule has 1 aromatic heterocycles. The van der Waals surface area contributed by atoms with Crippen molar-refractivity contribution >= 4 is 28.3 Å². The quantitative estimate of drug-likeness (QED) is 0.813. The third-order valence-corrected chi connectivity index (χ3v) is 6.05. The number of fused-ring (bicyclic) bond motifs is 1. The Balaban J connectivity index is 1.54. The molecule has 6 heteroatoms. The Morgan fingerprint density at radius 1 is 1.27 bits per heavy atom. The van der Waals surface area contributed by atoms with Gasteiger partial charge in [0.2, 0.25) is 11.0 Å². The minimum Gasteiger partial charge on any atom is -0.343 e. The van der Waals surface area contributed by atoms with Crippen LogP contribution in [-0.4, -0.2) is 39.8 Å². The van der Waals surface area contributed by atoms with Gasteiger partial charge in [0.15, 0.2) is 0 Å². The average molecular weight is 371 g/mol. The summed E-state index contributed by atoms with van der Waals surface area (Å²) in [5.41, 5.74) is 2.57. The predicted molar refractivity (Wildman–Crippen MR) is 105 cm³/mol. The number of para-hydroxylation sites is 1. The van der Waals surface area contributed by atoms with E-state index in [2.05, 4.69) is 54.3 Å². The Hall–Kier alpha value is -1.95. The molecule has 4 rings (SSSR count). The third kappa shape index (κ3) is 3.22. The van der Waals surface area contributed by atoms with Gasteiger partial charge >= 0.3 is 0 Å². The topological polar surface area (TPSA) is 49.3 Å². The van der Waals surface area contributed by atoms with Crippen molar-refractivity contribution in [2.75, 3.05) is 24.5 Å². The van der Waals surface area contributed by atoms with Gasteiger partial charge in [-0.2, -0.15) is 4.37 Å². The van der Waals surface area contributed by atoms with Crippen molar-refractivity contribution in [3.63, 3.8) is 0 Å². The number of nitrogens with zero attached hydrogens (tertiary/aromatic N) is 4. The number of likely N-dealkylation sites (tertiary alicyclic amines) is 1. The number of aromatic nitrogens is 2. The number of hydrogen-bond acceptors (Lipinski definition) is 5. The van der Waals surface area contributed by atoms with E-state index in [-0.39, 0.29) is 5.41 Å². The first-order valence-electron chi connectivity index (χ1n) is 9.42. The second-order valence-electron chi connectivity index (χ2n) is 8.29. The van der Waals surface area contributed by atoms with Crippen LogP contribution in [0.5, 0.6) is 0 Å². The molecule has 0 aliphatic carbocycles. The standard InChI is InChI=1S/C20H26N4OS/c1-20(2,3)18-21-19(26-22-18)24-13-14(15-7-4-5-8-16(15)24)10-12-23-11-6-9-17(23)25/h4-5,7-8,14H,6,9-13H2,1-3H3. The van der Waals surface area contributed by atoms with E-state index >= 15 is 0 Å². The van der Waals surface area contributed by atoms with Gasteiger partial charge in [-0.05, 0) is 24.5 Å². The van der Waals surface area contributed by atoms with Crippen LogP contribution in [0.2, 0.25) is 0 Å². The molecule has 26 heavy (non-hydrogen) atoms. The van der Waals surface area contributed by atoms with Crippen LogP contribution in [0.3, 0.4) is 0 Å². The summed E-state index contributed by atoms with van der Waals surface area (Å²) in [5.74, 6) is 1.65. The monoisotopic (exact) mass is 370 g/mol. The third-order valence-electron chi connectivity index (χ3n) is 5.31. The smallest absolute Gasteiger partial charge is 0.222 e. The Labute approximate surface area is 159 Å². The van der Waals surface area contributed by atoms with Crippen LogP contribution in [0.25, 0.3) is 0 Å². The number of hydrogen-bond donors (Lipinski definition) is 0. The van der Waals surface area contributed by atoms with Crippen LogP contribution in [0, 0.1) is 0 Å². The lowest BCUT2D eigenvalue weighted by atomic mass is 9.96. The Morgan fingerprint density at radius 2 is 2.08 bits per heavy atom. The molecule has 1 aromatic carbocycles. The van der Waals surface area contributed by atoms with E-state index in [1.807, 2.05) is 4.90 Å². The summed E-state index contributed by atoms with van der Waals surface area (Å²) in [5, 5.41) is 0.974. The number of anilines is 2. The largest absolute Gasteiger partial charge is 0.343 e. The SMILES string of the molecule is CC(C)(C)c1nsc(N2CC(CCN3CCCC3=O)c3ccccc32)n1. The average Bonchev–Trinajstić information content (AvgIpc) is 3.30. The molecule has 0 bridgehead atoms. The molecule has 2 aromatic rings. The Bertz CT molecular complexity index is 810. The molecule has 138 valence electrons. The fourth-order valence-electron chi connectivity index (χ4n) is 3.81. The zero-order valence-electron chi connectivity index (χ0n) is 15.7. The highest BCUT2D eigenvalue weighted by molar-refractivity contribution is 7.09. The molecule has 1 atom stereocenters. The first kappa shape index (κ1) is 17.5. The number of carbonyl (C=O) groups excluding carboxylic acids is 1. The molecule has 1 fully saturated rings. The molecule has 1 amide bonds. The van der Waals surface area contributed by atoms with Crippen molar-refractivity contribution in [3.05, 3.63) is 35.7 Å². The molecular weight excluding hydrogens is 344 g/mol. The maximum Gasteiger partial charge on any atom is 0.222 e. The van der Waals surface area contributed by atoms with Gasteiger partial charge in [0.1, 0.15) is 5.82 Å². The van der Waals surface area contributed by atoms with Crippen LogP contribution < -0.4 is 4.90 Å². The maximum atomic E-state index is 11.9. The molecule has 0 saturated carbocycles. The lowest BCUT2D eigenvalue weighted by Gasteiger charge is -2.19. The van der Waals surface area contributed by atoms with Crippen LogP contribution in [0.1, 0.15) is 57.3 Å². The first-order chi connectivity index (χ1) is 12.4. The molecule has 1 saturated heterocycles. The van der Waals surface area contributed by atoms with Crippen molar-refractivity contribution in [3.8, 4) is 0 Å².